The Kier molecular flexibility index (Phi) is 1.16. The normalized spacial score (nSPS) is 24.9. The van der Waals surface area contributed by atoms with Gasteiger partial charge >= 0.3 is 0 Å². The van der Waals surface area contributed by atoms with Gasteiger partial charge in [0.25, 0.3) is 0 Å². The minimum absolute atomic E-state index is 0.128. The van der Waals surface area contributed by atoms with Crippen LogP contribution < -0.4 is 0 Å². The minimum atomic E-state index is -3.03. The van der Waals surface area contributed by atoms with Crippen LogP contribution in [-0.4, -0.2) is 16.3 Å². The van der Waals surface area contributed by atoms with Crippen LogP contribution in [0.25, 0.3) is 0 Å². The van der Waals surface area contributed by atoms with Crippen LogP contribution in [0.4, 0.5) is 0 Å². The van der Waals surface area contributed by atoms with Gasteiger partial charge in [-0.3, -0.25) is 0 Å². The van der Waals surface area contributed by atoms with E-state index in [1.165, 1.54) is 0 Å². The van der Waals surface area contributed by atoms with E-state index < -0.39 is 25.7 Å². The van der Waals surface area contributed by atoms with Crippen molar-refractivity contribution in [2.75, 3.05) is 0 Å². The van der Waals surface area contributed by atoms with Crippen molar-refractivity contribution in [2.45, 2.75) is 25.7 Å². The number of aliphatic hydroxyl groups is 1. The quantitative estimate of drug-likeness (QED) is 0.730. The van der Waals surface area contributed by atoms with E-state index in [4.69, 9.17) is 14.7 Å². The first-order valence-electron chi connectivity index (χ1n) is 6.88. The van der Waals surface area contributed by atoms with Crippen LogP contribution in [0.1, 0.15) is 28.4 Å². The second kappa shape index (κ2) is 4.12. The van der Waals surface area contributed by atoms with Crippen LogP contribution in [0.5, 0.6) is 5.75 Å². The molecule has 2 N–H and O–H groups in total. The zero-order chi connectivity index (χ0) is 15.1. The molecule has 0 aliphatic rings. The van der Waals surface area contributed by atoms with Gasteiger partial charge in [0.05, 0.1) is 6.10 Å². The topological polar surface area (TPSA) is 40.5 Å². The highest BCUT2D eigenvalue weighted by molar-refractivity contribution is 5.25. The highest BCUT2D eigenvalue weighted by Gasteiger charge is 1.97. The summed E-state index contributed by atoms with van der Waals surface area (Å²) in [5, 5.41) is 18.6. The number of hydrogen-bond donors (Lipinski definition) is 2. The second-order valence-corrected chi connectivity index (χ2v) is 2.22. The summed E-state index contributed by atoms with van der Waals surface area (Å²) in [5.41, 5.74) is -0.168. The Morgan fingerprint density at radius 3 is 2.75 bits per heavy atom. The third-order valence-electron chi connectivity index (χ3n) is 1.22. The number of rotatable bonds is 3. The Morgan fingerprint density at radius 2 is 2.17 bits per heavy atom. The first-order chi connectivity index (χ1) is 8.40. The Hall–Kier alpha value is -1.02. The fourth-order valence-corrected chi connectivity index (χ4v) is 0.696. The zero-order valence-electron chi connectivity index (χ0n) is 13.3. The Morgan fingerprint density at radius 1 is 1.50 bits per heavy atom. The number of hydrogen-bond acceptors (Lipinski definition) is 2. The fourth-order valence-electron chi connectivity index (χ4n) is 0.696. The van der Waals surface area contributed by atoms with Crippen LogP contribution in [-0.2, 0) is 6.37 Å². The second-order valence-electron chi connectivity index (χ2n) is 2.22. The first-order valence-corrected chi connectivity index (χ1v) is 3.38. The van der Waals surface area contributed by atoms with Gasteiger partial charge in [-0.25, -0.2) is 0 Å². The summed E-state index contributed by atoms with van der Waals surface area (Å²) >= 11 is 0. The molecule has 0 unspecified atom stereocenters. The fraction of sp³-hybridized carbons (Fsp3) is 0.400. The van der Waals surface area contributed by atoms with Crippen LogP contribution in [0.2, 0.25) is 0 Å². The lowest BCUT2D eigenvalue weighted by Gasteiger charge is -2.03. The van der Waals surface area contributed by atoms with Gasteiger partial charge in [-0.15, -0.1) is 0 Å². The van der Waals surface area contributed by atoms with E-state index in [0.29, 0.717) is 0 Å². The first kappa shape index (κ1) is 3.38. The third-order valence-corrected chi connectivity index (χ3v) is 1.22. The molecule has 0 spiro atoms. The molecule has 0 saturated heterocycles. The number of aliphatic hydroxyl groups excluding tert-OH is 1. The van der Waals surface area contributed by atoms with Crippen molar-refractivity contribution in [1.29, 1.82) is 0 Å². The summed E-state index contributed by atoms with van der Waals surface area (Å²) in [5.74, 6) is -0.128. The number of benzene rings is 1. The molecule has 12 heavy (non-hydrogen) atoms. The van der Waals surface area contributed by atoms with E-state index in [0.717, 1.165) is 24.3 Å². The van der Waals surface area contributed by atoms with Crippen molar-refractivity contribution in [3.63, 3.8) is 0 Å². The summed E-state index contributed by atoms with van der Waals surface area (Å²) in [4.78, 5) is 0. The van der Waals surface area contributed by atoms with Crippen LogP contribution in [0.3, 0.4) is 0 Å². The number of phenolic OH excluding ortho intramolecular Hbond substituents is 1. The average Bonchev–Trinajstić information content (AvgIpc) is 2.27. The predicted octanol–water partition coefficient (Wildman–Crippen LogP) is 1.71. The van der Waals surface area contributed by atoms with Crippen molar-refractivity contribution in [3.05, 3.63) is 29.8 Å². The molecule has 0 heterocycles. The van der Waals surface area contributed by atoms with E-state index in [9.17, 15) is 5.11 Å². The maximum atomic E-state index is 9.54. The SMILES string of the molecule is [2H]C([2H])([2H])[C@H](O)C([2H])([2H])C([2H])([2H])c1ccc(O)cc1. The predicted molar refractivity (Wildman–Crippen MR) is 48.1 cm³/mol. The highest BCUT2D eigenvalue weighted by Crippen LogP contribution is 2.11. The van der Waals surface area contributed by atoms with Crippen molar-refractivity contribution in [2.24, 2.45) is 0 Å². The van der Waals surface area contributed by atoms with Gasteiger partial charge in [-0.2, -0.15) is 0 Å². The monoisotopic (exact) mass is 173 g/mol. The van der Waals surface area contributed by atoms with Crippen LogP contribution in [0, 0.1) is 0 Å². The smallest absolute Gasteiger partial charge is 0.115 e. The maximum Gasteiger partial charge on any atom is 0.115 e. The molecule has 1 aromatic carbocycles. The Labute approximate surface area is 82.3 Å². The van der Waals surface area contributed by atoms with Crippen molar-refractivity contribution >= 4 is 0 Å². The molecule has 0 aromatic heterocycles. The van der Waals surface area contributed by atoms with Gasteiger partial charge in [-0.1, -0.05) is 12.1 Å². The molecule has 0 saturated carbocycles. The molecule has 2 heteroatoms. The van der Waals surface area contributed by atoms with E-state index in [1.54, 1.807) is 0 Å². The van der Waals surface area contributed by atoms with E-state index in [2.05, 4.69) is 0 Å². The van der Waals surface area contributed by atoms with E-state index in [-0.39, 0.29) is 11.3 Å². The molecule has 0 amide bonds. The molecule has 1 aromatic rings. The largest absolute Gasteiger partial charge is 0.508 e. The summed E-state index contributed by atoms with van der Waals surface area (Å²) in [7, 11) is 0. The van der Waals surface area contributed by atoms with E-state index >= 15 is 0 Å². The van der Waals surface area contributed by atoms with Crippen molar-refractivity contribution in [3.8, 4) is 5.75 Å². The number of phenols is 1. The standard InChI is InChI=1S/C10H14O2/c1-8(11)2-3-9-4-6-10(12)7-5-9/h4-8,11-12H,2-3H2,1H3/t8-/m0/s1/i1D3,2D2,3D2. The summed E-state index contributed by atoms with van der Waals surface area (Å²) in [6, 6.07) is 4.59. The maximum absolute atomic E-state index is 9.54. The molecule has 66 valence electrons. The Bertz CT molecular complexity index is 438. The molecule has 2 nitrogen and oxygen atoms in total. The lowest BCUT2D eigenvalue weighted by molar-refractivity contribution is 0.185. The molecule has 0 aliphatic carbocycles. The van der Waals surface area contributed by atoms with Crippen LogP contribution >= 0.6 is 0 Å². The molecular formula is C10H14O2. The lowest BCUT2D eigenvalue weighted by atomic mass is 10.1. The summed E-state index contributed by atoms with van der Waals surface area (Å²) < 4.78 is 51.7. The molecule has 0 aliphatic heterocycles. The summed E-state index contributed by atoms with van der Waals surface area (Å²) in [6.45, 7) is -3.03. The molecule has 1 atom stereocenters. The zero-order valence-corrected chi connectivity index (χ0v) is 6.28. The molecule has 0 fully saturated rings. The van der Waals surface area contributed by atoms with E-state index in [1.807, 2.05) is 0 Å². The van der Waals surface area contributed by atoms with Gasteiger partial charge < -0.3 is 10.2 Å². The number of aromatic hydroxyl groups is 1. The lowest BCUT2D eigenvalue weighted by Crippen LogP contribution is -2.00. The minimum Gasteiger partial charge on any atom is -0.508 e. The van der Waals surface area contributed by atoms with Gasteiger partial charge in [-0.05, 0) is 37.3 Å². The van der Waals surface area contributed by atoms with Crippen molar-refractivity contribution < 1.29 is 19.8 Å². The molecule has 0 bridgehead atoms. The van der Waals surface area contributed by atoms with Crippen LogP contribution in [0.15, 0.2) is 24.3 Å². The van der Waals surface area contributed by atoms with Gasteiger partial charge in [0, 0.05) is 9.60 Å². The average molecular weight is 173 g/mol. The molecular weight excluding hydrogens is 152 g/mol. The van der Waals surface area contributed by atoms with Gasteiger partial charge in [0.2, 0.25) is 0 Å². The van der Waals surface area contributed by atoms with Crippen molar-refractivity contribution in [1.82, 2.24) is 0 Å². The highest BCUT2D eigenvalue weighted by atomic mass is 16.3. The summed E-state index contributed by atoms with van der Waals surface area (Å²) in [6.07, 6.45) is -8.21. The number of aryl methyl sites for hydroxylation is 1. The Balaban J connectivity index is 3.21. The van der Waals surface area contributed by atoms with Gasteiger partial charge in [0.15, 0.2) is 0 Å². The molecule has 1 rings (SSSR count). The van der Waals surface area contributed by atoms with Gasteiger partial charge in [0.1, 0.15) is 5.75 Å². The molecule has 0 radical (unpaired) electrons. The third kappa shape index (κ3) is 2.93.